The number of rotatable bonds is 19. The van der Waals surface area contributed by atoms with Crippen LogP contribution in [0.2, 0.25) is 0 Å². The third-order valence-corrected chi connectivity index (χ3v) is 7.45. The van der Waals surface area contributed by atoms with Crippen molar-refractivity contribution in [2.45, 2.75) is 121 Å². The van der Waals surface area contributed by atoms with Crippen molar-refractivity contribution in [1.82, 2.24) is 0 Å². The van der Waals surface area contributed by atoms with Gasteiger partial charge in [-0.25, -0.2) is 5.01 Å². The molecule has 0 spiro atoms. The Morgan fingerprint density at radius 1 is 0.886 bits per heavy atom. The number of carbonyl (C=O) groups is 1. The zero-order chi connectivity index (χ0) is 25.5. The number of benzene rings is 1. The fourth-order valence-electron chi connectivity index (χ4n) is 4.52. The average Bonchev–Trinajstić information content (AvgIpc) is 3.20. The minimum atomic E-state index is -4.48. The van der Waals surface area contributed by atoms with Crippen molar-refractivity contribution >= 4 is 27.4 Å². The molecule has 7 nitrogen and oxygen atoms in total. The van der Waals surface area contributed by atoms with Crippen LogP contribution in [-0.4, -0.2) is 31.7 Å². The highest BCUT2D eigenvalue weighted by molar-refractivity contribution is 7.86. The molecule has 1 aliphatic rings. The molecule has 0 fully saturated rings. The van der Waals surface area contributed by atoms with E-state index in [-0.39, 0.29) is 23.0 Å². The molecule has 0 aliphatic carbocycles. The van der Waals surface area contributed by atoms with Gasteiger partial charge in [0.05, 0.1) is 19.2 Å². The van der Waals surface area contributed by atoms with Gasteiger partial charge in [-0.3, -0.25) is 9.35 Å². The van der Waals surface area contributed by atoms with E-state index in [1.54, 1.807) is 6.07 Å². The number of ether oxygens (including phenoxy) is 1. The van der Waals surface area contributed by atoms with Crippen LogP contribution in [0.3, 0.4) is 0 Å². The number of unbranched alkanes of at least 4 members (excludes halogenated alkanes) is 14. The fraction of sp³-hybridized carbons (Fsp3) is 0.704. The maximum Gasteiger partial charge on any atom is 0.298 e. The lowest BCUT2D eigenvalue weighted by molar-refractivity contribution is -0.116. The van der Waals surface area contributed by atoms with E-state index in [0.29, 0.717) is 5.69 Å². The van der Waals surface area contributed by atoms with Gasteiger partial charge in [-0.2, -0.15) is 13.5 Å². The van der Waals surface area contributed by atoms with Crippen LogP contribution in [0.15, 0.2) is 28.2 Å². The first kappa shape index (κ1) is 29.3. The zero-order valence-corrected chi connectivity index (χ0v) is 22.5. The van der Waals surface area contributed by atoms with Gasteiger partial charge in [0, 0.05) is 5.71 Å². The number of hydrazone groups is 1. The average molecular weight is 509 g/mol. The summed E-state index contributed by atoms with van der Waals surface area (Å²) < 4.78 is 37.7. The van der Waals surface area contributed by atoms with Crippen molar-refractivity contribution in [3.05, 3.63) is 18.2 Å². The van der Waals surface area contributed by atoms with Crippen molar-refractivity contribution in [2.24, 2.45) is 5.10 Å². The largest absolute Gasteiger partial charge is 0.495 e. The van der Waals surface area contributed by atoms with E-state index in [1.807, 2.05) is 0 Å². The molecule has 1 amide bonds. The summed E-state index contributed by atoms with van der Waals surface area (Å²) in [5.41, 5.74) is 1.11. The third kappa shape index (κ3) is 10.7. The second-order valence-electron chi connectivity index (χ2n) is 9.56. The predicted molar refractivity (Wildman–Crippen MR) is 142 cm³/mol. The van der Waals surface area contributed by atoms with Crippen LogP contribution >= 0.6 is 0 Å². The van der Waals surface area contributed by atoms with Crippen LogP contribution in [0, 0.1) is 0 Å². The van der Waals surface area contributed by atoms with Gasteiger partial charge in [-0.1, -0.05) is 96.8 Å². The maximum atomic E-state index is 12.4. The molecule has 1 N–H and O–H groups in total. The first-order valence-corrected chi connectivity index (χ1v) is 14.9. The van der Waals surface area contributed by atoms with Gasteiger partial charge < -0.3 is 4.74 Å². The third-order valence-electron chi connectivity index (χ3n) is 6.57. The molecular weight excluding hydrogens is 464 g/mol. The van der Waals surface area contributed by atoms with E-state index in [2.05, 4.69) is 12.0 Å². The molecule has 2 rings (SSSR count). The van der Waals surface area contributed by atoms with Crippen LogP contribution < -0.4 is 9.75 Å². The van der Waals surface area contributed by atoms with Crippen LogP contribution in [0.5, 0.6) is 5.75 Å². The smallest absolute Gasteiger partial charge is 0.298 e. The Morgan fingerprint density at radius 3 is 1.89 bits per heavy atom. The highest BCUT2D eigenvalue weighted by Gasteiger charge is 2.27. The zero-order valence-electron chi connectivity index (χ0n) is 21.6. The molecule has 1 aromatic rings. The highest BCUT2D eigenvalue weighted by atomic mass is 32.2. The molecule has 198 valence electrons. The SMILES string of the molecule is CCCCCCCCCCCCCCCCCC1=NN(c2ccc(OC)c(S(=O)(=O)O)c2)C(=O)C1. The van der Waals surface area contributed by atoms with Gasteiger partial charge in [0.1, 0.15) is 10.6 Å². The Morgan fingerprint density at radius 2 is 1.40 bits per heavy atom. The number of hydrogen-bond acceptors (Lipinski definition) is 5. The fourth-order valence-corrected chi connectivity index (χ4v) is 5.20. The summed E-state index contributed by atoms with van der Waals surface area (Å²) in [6.45, 7) is 2.26. The molecule has 0 radical (unpaired) electrons. The molecule has 8 heteroatoms. The molecule has 0 bridgehead atoms. The van der Waals surface area contributed by atoms with Crippen molar-refractivity contribution < 1.29 is 22.5 Å². The van der Waals surface area contributed by atoms with Gasteiger partial charge in [0.2, 0.25) is 0 Å². The summed E-state index contributed by atoms with van der Waals surface area (Å²) in [6.07, 6.45) is 20.7. The van der Waals surface area contributed by atoms with E-state index in [0.717, 1.165) is 25.0 Å². The highest BCUT2D eigenvalue weighted by Crippen LogP contribution is 2.31. The molecule has 1 aliphatic heterocycles. The van der Waals surface area contributed by atoms with E-state index in [4.69, 9.17) is 4.74 Å². The summed E-state index contributed by atoms with van der Waals surface area (Å²) in [5, 5.41) is 5.62. The topological polar surface area (TPSA) is 96.3 Å². The molecule has 0 saturated heterocycles. The number of anilines is 1. The van der Waals surface area contributed by atoms with Crippen molar-refractivity contribution in [1.29, 1.82) is 0 Å². The minimum Gasteiger partial charge on any atom is -0.495 e. The standard InChI is InChI=1S/C27H44N2O5S/c1-3-4-5-6-7-8-9-10-11-12-13-14-15-16-17-18-23-21-27(30)29(28-23)24-19-20-25(34-2)26(22-24)35(31,32)33/h19-20,22H,3-18,21H2,1-2H3,(H,31,32,33). The quantitative estimate of drug-likeness (QED) is 0.156. The summed E-state index contributed by atoms with van der Waals surface area (Å²) in [7, 11) is -3.16. The molecule has 0 unspecified atom stereocenters. The lowest BCUT2D eigenvalue weighted by Gasteiger charge is -2.14. The lowest BCUT2D eigenvalue weighted by atomic mass is 10.0. The minimum absolute atomic E-state index is 0.0184. The van der Waals surface area contributed by atoms with E-state index in [9.17, 15) is 17.8 Å². The number of nitrogens with zero attached hydrogens (tertiary/aromatic N) is 2. The predicted octanol–water partition coefficient (Wildman–Crippen LogP) is 7.30. The molecule has 0 atom stereocenters. The Labute approximate surface area is 212 Å². The van der Waals surface area contributed by atoms with Crippen molar-refractivity contribution in [3.63, 3.8) is 0 Å². The summed E-state index contributed by atoms with van der Waals surface area (Å²) >= 11 is 0. The Kier molecular flexibility index (Phi) is 13.3. The number of carbonyl (C=O) groups excluding carboxylic acids is 1. The second-order valence-corrected chi connectivity index (χ2v) is 10.9. The Hall–Kier alpha value is -1.93. The van der Waals surface area contributed by atoms with Crippen LogP contribution in [-0.2, 0) is 14.9 Å². The molecular formula is C27H44N2O5S. The maximum absolute atomic E-state index is 12.4. The van der Waals surface area contributed by atoms with Crippen LogP contribution in [0.25, 0.3) is 0 Å². The van der Waals surface area contributed by atoms with Gasteiger partial charge in [-0.05, 0) is 31.0 Å². The molecule has 35 heavy (non-hydrogen) atoms. The van der Waals surface area contributed by atoms with Crippen LogP contribution in [0.1, 0.15) is 116 Å². The van der Waals surface area contributed by atoms with Crippen molar-refractivity contribution in [2.75, 3.05) is 12.1 Å². The van der Waals surface area contributed by atoms with E-state index >= 15 is 0 Å². The summed E-state index contributed by atoms with van der Waals surface area (Å²) in [6, 6.07) is 4.19. The first-order valence-electron chi connectivity index (χ1n) is 13.4. The summed E-state index contributed by atoms with van der Waals surface area (Å²) in [4.78, 5) is 12.1. The monoisotopic (exact) mass is 508 g/mol. The lowest BCUT2D eigenvalue weighted by Crippen LogP contribution is -2.20. The van der Waals surface area contributed by atoms with Gasteiger partial charge >= 0.3 is 0 Å². The second kappa shape index (κ2) is 15.9. The van der Waals surface area contributed by atoms with Gasteiger partial charge in [0.25, 0.3) is 16.0 Å². The molecule has 0 saturated carbocycles. The Balaban J connectivity index is 1.60. The number of hydrogen-bond donors (Lipinski definition) is 1. The molecule has 1 aromatic carbocycles. The van der Waals surface area contributed by atoms with Crippen molar-refractivity contribution in [3.8, 4) is 5.75 Å². The van der Waals surface area contributed by atoms with Gasteiger partial charge in [-0.15, -0.1) is 0 Å². The normalized spacial score (nSPS) is 14.0. The summed E-state index contributed by atoms with van der Waals surface area (Å²) in [5.74, 6) is -0.183. The van der Waals surface area contributed by atoms with Gasteiger partial charge in [0.15, 0.2) is 0 Å². The molecule has 0 aromatic heterocycles. The molecule has 1 heterocycles. The van der Waals surface area contributed by atoms with E-state index in [1.165, 1.54) is 108 Å². The number of methoxy groups -OCH3 is 1. The number of amides is 1. The van der Waals surface area contributed by atoms with Crippen LogP contribution in [0.4, 0.5) is 5.69 Å². The Bertz CT molecular complexity index is 914. The van der Waals surface area contributed by atoms with E-state index < -0.39 is 10.1 Å². The first-order chi connectivity index (χ1) is 16.9.